The lowest BCUT2D eigenvalue weighted by molar-refractivity contribution is 0.300. The van der Waals surface area contributed by atoms with Gasteiger partial charge in [0.1, 0.15) is 0 Å². The van der Waals surface area contributed by atoms with Gasteiger partial charge in [0, 0.05) is 18.7 Å². The molecule has 0 fully saturated rings. The van der Waals surface area contributed by atoms with Crippen LogP contribution in [-0.4, -0.2) is 19.4 Å². The van der Waals surface area contributed by atoms with E-state index in [0.29, 0.717) is 11.3 Å². The Morgan fingerprint density at radius 3 is 2.50 bits per heavy atom. The average Bonchev–Trinajstić information content (AvgIpc) is 1.88. The fourth-order valence-corrected chi connectivity index (χ4v) is 1.05. The first-order valence-electron chi connectivity index (χ1n) is 3.81. The first-order chi connectivity index (χ1) is 4.61. The molecule has 0 aromatic carbocycles. The molecular weight excluding hydrogens is 124 g/mol. The zero-order valence-electron chi connectivity index (χ0n) is 7.02. The van der Waals surface area contributed by atoms with Crippen LogP contribution in [0.1, 0.15) is 20.8 Å². The summed E-state index contributed by atoms with van der Waals surface area (Å²) >= 11 is 0. The molecular formula is C8H16N2. The third-order valence-corrected chi connectivity index (χ3v) is 1.97. The van der Waals surface area contributed by atoms with Crippen LogP contribution in [0.2, 0.25) is 0 Å². The van der Waals surface area contributed by atoms with Gasteiger partial charge in [0.05, 0.1) is 6.67 Å². The molecule has 0 aromatic rings. The fourth-order valence-electron chi connectivity index (χ4n) is 1.05. The van der Waals surface area contributed by atoms with Crippen LogP contribution >= 0.6 is 0 Å². The third kappa shape index (κ3) is 1.81. The molecule has 1 heterocycles. The van der Waals surface area contributed by atoms with E-state index in [0.717, 1.165) is 13.2 Å². The molecule has 0 spiro atoms. The first kappa shape index (κ1) is 7.73. The predicted octanol–water partition coefficient (Wildman–Crippen LogP) is 1.28. The Kier molecular flexibility index (Phi) is 2.09. The molecule has 0 amide bonds. The standard InChI is InChI=1S/C8H16N2/c1-8(2,3)7-4-9-6-10-5-7/h4,7,10H,5-6H2,1-3H3. The zero-order chi connectivity index (χ0) is 7.61. The SMILES string of the molecule is CC(C)(C)C1C=NCNC1. The van der Waals surface area contributed by atoms with E-state index >= 15 is 0 Å². The van der Waals surface area contributed by atoms with E-state index in [1.807, 2.05) is 0 Å². The molecule has 1 unspecified atom stereocenters. The van der Waals surface area contributed by atoms with Crippen molar-refractivity contribution in [3.63, 3.8) is 0 Å². The van der Waals surface area contributed by atoms with Gasteiger partial charge in [0.2, 0.25) is 0 Å². The molecule has 2 nitrogen and oxygen atoms in total. The number of nitrogens with one attached hydrogen (secondary N) is 1. The van der Waals surface area contributed by atoms with Gasteiger partial charge in [0.15, 0.2) is 0 Å². The molecule has 1 aliphatic rings. The monoisotopic (exact) mass is 140 g/mol. The molecule has 0 saturated heterocycles. The normalized spacial score (nSPS) is 26.9. The van der Waals surface area contributed by atoms with Crippen molar-refractivity contribution in [3.8, 4) is 0 Å². The van der Waals surface area contributed by atoms with Gasteiger partial charge in [-0.15, -0.1) is 0 Å². The Hall–Kier alpha value is -0.370. The maximum Gasteiger partial charge on any atom is 0.0880 e. The van der Waals surface area contributed by atoms with Crippen LogP contribution < -0.4 is 5.32 Å². The number of aliphatic imine (C=N–C) groups is 1. The quantitative estimate of drug-likeness (QED) is 0.538. The van der Waals surface area contributed by atoms with E-state index in [1.165, 1.54) is 0 Å². The van der Waals surface area contributed by atoms with Crippen molar-refractivity contribution in [1.82, 2.24) is 5.32 Å². The molecule has 1 atom stereocenters. The molecule has 1 rings (SSSR count). The molecule has 0 bridgehead atoms. The Morgan fingerprint density at radius 1 is 1.50 bits per heavy atom. The Bertz CT molecular complexity index is 133. The molecule has 1 N–H and O–H groups in total. The van der Waals surface area contributed by atoms with Gasteiger partial charge >= 0.3 is 0 Å². The van der Waals surface area contributed by atoms with Gasteiger partial charge in [-0.05, 0) is 5.41 Å². The Labute approximate surface area is 62.7 Å². The van der Waals surface area contributed by atoms with Crippen molar-refractivity contribution in [3.05, 3.63) is 0 Å². The lowest BCUT2D eigenvalue weighted by Gasteiger charge is -2.29. The summed E-state index contributed by atoms with van der Waals surface area (Å²) in [6.07, 6.45) is 2.08. The smallest absolute Gasteiger partial charge is 0.0880 e. The molecule has 0 aromatic heterocycles. The van der Waals surface area contributed by atoms with E-state index < -0.39 is 0 Å². The minimum absolute atomic E-state index is 0.358. The lowest BCUT2D eigenvalue weighted by atomic mass is 9.81. The van der Waals surface area contributed by atoms with Crippen LogP contribution in [0.25, 0.3) is 0 Å². The number of rotatable bonds is 0. The highest BCUT2D eigenvalue weighted by Crippen LogP contribution is 2.24. The van der Waals surface area contributed by atoms with E-state index in [9.17, 15) is 0 Å². The molecule has 2 heteroatoms. The van der Waals surface area contributed by atoms with Crippen molar-refractivity contribution in [2.75, 3.05) is 13.2 Å². The molecule has 1 aliphatic heterocycles. The van der Waals surface area contributed by atoms with Crippen molar-refractivity contribution in [1.29, 1.82) is 0 Å². The minimum atomic E-state index is 0.358. The highest BCUT2D eigenvalue weighted by Gasteiger charge is 2.23. The summed E-state index contributed by atoms with van der Waals surface area (Å²) in [5.41, 5.74) is 0.358. The van der Waals surface area contributed by atoms with E-state index in [2.05, 4.69) is 37.3 Å². The van der Waals surface area contributed by atoms with Gasteiger partial charge in [0.25, 0.3) is 0 Å². The van der Waals surface area contributed by atoms with Crippen molar-refractivity contribution in [2.45, 2.75) is 20.8 Å². The van der Waals surface area contributed by atoms with Crippen LogP contribution in [0.4, 0.5) is 0 Å². The Morgan fingerprint density at radius 2 is 2.20 bits per heavy atom. The van der Waals surface area contributed by atoms with Crippen molar-refractivity contribution in [2.24, 2.45) is 16.3 Å². The summed E-state index contributed by atoms with van der Waals surface area (Å²) in [4.78, 5) is 4.19. The Balaban J connectivity index is 2.55. The topological polar surface area (TPSA) is 24.4 Å². The predicted molar refractivity (Wildman–Crippen MR) is 44.3 cm³/mol. The summed E-state index contributed by atoms with van der Waals surface area (Å²) in [5, 5.41) is 3.24. The summed E-state index contributed by atoms with van der Waals surface area (Å²) in [6, 6.07) is 0. The van der Waals surface area contributed by atoms with Gasteiger partial charge in [-0.2, -0.15) is 0 Å². The van der Waals surface area contributed by atoms with Crippen molar-refractivity contribution >= 4 is 6.21 Å². The molecule has 0 saturated carbocycles. The second-order valence-corrected chi connectivity index (χ2v) is 3.92. The van der Waals surface area contributed by atoms with Crippen LogP contribution in [0, 0.1) is 11.3 Å². The van der Waals surface area contributed by atoms with Crippen LogP contribution in [0.15, 0.2) is 4.99 Å². The summed E-state index contributed by atoms with van der Waals surface area (Å²) in [7, 11) is 0. The van der Waals surface area contributed by atoms with Gasteiger partial charge < -0.3 is 0 Å². The van der Waals surface area contributed by atoms with E-state index in [4.69, 9.17) is 0 Å². The maximum atomic E-state index is 4.19. The number of hydrogen-bond acceptors (Lipinski definition) is 2. The zero-order valence-corrected chi connectivity index (χ0v) is 7.02. The van der Waals surface area contributed by atoms with Gasteiger partial charge in [-0.3, -0.25) is 10.3 Å². The molecule has 10 heavy (non-hydrogen) atoms. The average molecular weight is 140 g/mol. The van der Waals surface area contributed by atoms with E-state index in [-0.39, 0.29) is 0 Å². The van der Waals surface area contributed by atoms with Gasteiger partial charge in [-0.1, -0.05) is 20.8 Å². The second-order valence-electron chi connectivity index (χ2n) is 3.92. The summed E-state index contributed by atoms with van der Waals surface area (Å²) in [6.45, 7) is 8.61. The highest BCUT2D eigenvalue weighted by molar-refractivity contribution is 5.62. The van der Waals surface area contributed by atoms with Crippen LogP contribution in [0.5, 0.6) is 0 Å². The number of nitrogens with zero attached hydrogens (tertiary/aromatic N) is 1. The fraction of sp³-hybridized carbons (Fsp3) is 0.875. The van der Waals surface area contributed by atoms with Crippen LogP contribution in [0.3, 0.4) is 0 Å². The molecule has 58 valence electrons. The first-order valence-corrected chi connectivity index (χ1v) is 3.81. The molecule has 0 aliphatic carbocycles. The van der Waals surface area contributed by atoms with Gasteiger partial charge in [-0.25, -0.2) is 0 Å². The highest BCUT2D eigenvalue weighted by atomic mass is 15.0. The maximum absolute atomic E-state index is 4.19. The number of hydrogen-bond donors (Lipinski definition) is 1. The lowest BCUT2D eigenvalue weighted by Crippen LogP contribution is -2.36. The summed E-state index contributed by atoms with van der Waals surface area (Å²) < 4.78 is 0. The molecule has 0 radical (unpaired) electrons. The largest absolute Gasteiger partial charge is 0.298 e. The van der Waals surface area contributed by atoms with Crippen LogP contribution in [-0.2, 0) is 0 Å². The third-order valence-electron chi connectivity index (χ3n) is 1.97. The van der Waals surface area contributed by atoms with Crippen molar-refractivity contribution < 1.29 is 0 Å². The minimum Gasteiger partial charge on any atom is -0.298 e. The summed E-state index contributed by atoms with van der Waals surface area (Å²) in [5.74, 6) is 0.598. The van der Waals surface area contributed by atoms with E-state index in [1.54, 1.807) is 0 Å². The second kappa shape index (κ2) is 2.70.